The van der Waals surface area contributed by atoms with Gasteiger partial charge in [0, 0.05) is 29.6 Å². The number of nitrogens with one attached hydrogen (secondary N) is 1. The van der Waals surface area contributed by atoms with Crippen molar-refractivity contribution in [3.8, 4) is 33.9 Å². The summed E-state index contributed by atoms with van der Waals surface area (Å²) >= 11 is 6.14. The van der Waals surface area contributed by atoms with E-state index in [0.717, 1.165) is 54.3 Å². The lowest BCUT2D eigenvalue weighted by atomic mass is 9.98. The molecule has 5 aromatic rings. The summed E-state index contributed by atoms with van der Waals surface area (Å²) < 4.78 is 15.9. The Morgan fingerprint density at radius 1 is 0.895 bits per heavy atom. The molecule has 0 spiro atoms. The van der Waals surface area contributed by atoms with Crippen LogP contribution in [0, 0.1) is 0 Å². The van der Waals surface area contributed by atoms with Crippen LogP contribution in [0.5, 0.6) is 11.5 Å². The smallest absolute Gasteiger partial charge is 0.128 e. The highest BCUT2D eigenvalue weighted by Gasteiger charge is 2.28. The topological polar surface area (TPSA) is 39.8 Å². The zero-order valence-electron chi connectivity index (χ0n) is 21.7. The van der Waals surface area contributed by atoms with Gasteiger partial charge in [-0.15, -0.1) is 0 Å². The lowest BCUT2D eigenvalue weighted by Gasteiger charge is -2.13. The molecule has 0 unspecified atom stereocenters. The fraction of sp³-hybridized carbons (Fsp3) is 0.219. The summed E-state index contributed by atoms with van der Waals surface area (Å²) in [6.07, 6.45) is 5.55. The average molecular weight is 522 g/mol. The predicted molar refractivity (Wildman–Crippen MR) is 159 cm³/mol. The molecule has 1 aliphatic rings. The number of aryl methyl sites for hydroxylation is 2. The van der Waals surface area contributed by atoms with Crippen LogP contribution in [0.3, 0.4) is 0 Å². The maximum absolute atomic E-state index is 6.14. The predicted octanol–water partition coefficient (Wildman–Crippen LogP) is 7.61. The number of hydrogen-bond donors (Lipinski definition) is 1. The average Bonchev–Trinajstić information content (AvgIpc) is 3.38. The first-order chi connectivity index (χ1) is 18.7. The molecule has 6 heteroatoms. The van der Waals surface area contributed by atoms with Crippen molar-refractivity contribution in [2.45, 2.75) is 32.7 Å². The molecular weight excluding hydrogens is 490 g/mol. The van der Waals surface area contributed by atoms with Gasteiger partial charge in [0.2, 0.25) is 0 Å². The molecule has 0 radical (unpaired) electrons. The Bertz CT molecular complexity index is 1580. The molecule has 0 saturated carbocycles. The molecule has 3 heterocycles. The second-order valence-electron chi connectivity index (χ2n) is 9.52. The largest absolute Gasteiger partial charge is 0.497 e. The van der Waals surface area contributed by atoms with Crippen molar-refractivity contribution < 1.29 is 9.47 Å². The Labute approximate surface area is 228 Å². The summed E-state index contributed by atoms with van der Waals surface area (Å²) in [6, 6.07) is 26.9. The zero-order valence-corrected chi connectivity index (χ0v) is 22.6. The van der Waals surface area contributed by atoms with Crippen LogP contribution >= 0.6 is 12.2 Å². The van der Waals surface area contributed by atoms with Gasteiger partial charge in [-0.05, 0) is 73.7 Å². The van der Waals surface area contributed by atoms with Crippen molar-refractivity contribution in [2.75, 3.05) is 19.0 Å². The van der Waals surface area contributed by atoms with Crippen LogP contribution in [-0.4, -0.2) is 27.7 Å². The number of benzene rings is 3. The third-order valence-electron chi connectivity index (χ3n) is 7.22. The van der Waals surface area contributed by atoms with E-state index in [9.17, 15) is 0 Å². The molecule has 38 heavy (non-hydrogen) atoms. The van der Waals surface area contributed by atoms with Crippen LogP contribution in [0.15, 0.2) is 85.1 Å². The van der Waals surface area contributed by atoms with Gasteiger partial charge >= 0.3 is 0 Å². The number of ether oxygens (including phenoxy) is 2. The summed E-state index contributed by atoms with van der Waals surface area (Å²) in [4.78, 5) is 0.693. The number of imidazole rings is 1. The number of nitrogens with zero attached hydrogens (tertiary/aromatic N) is 2. The summed E-state index contributed by atoms with van der Waals surface area (Å²) in [5.74, 6) is 1.69. The number of rotatable bonds is 7. The summed E-state index contributed by atoms with van der Waals surface area (Å²) in [5, 5.41) is 3.52. The summed E-state index contributed by atoms with van der Waals surface area (Å²) in [5.41, 5.74) is 9.30. The number of methoxy groups -OCH3 is 1. The van der Waals surface area contributed by atoms with Gasteiger partial charge in [0.05, 0.1) is 25.1 Å². The van der Waals surface area contributed by atoms with Gasteiger partial charge in [0.15, 0.2) is 0 Å². The maximum Gasteiger partial charge on any atom is 0.128 e. The van der Waals surface area contributed by atoms with Gasteiger partial charge in [-0.1, -0.05) is 54.7 Å². The third kappa shape index (κ3) is 4.35. The molecule has 5 nitrogen and oxygen atoms in total. The Balaban J connectivity index is 1.54. The van der Waals surface area contributed by atoms with Crippen molar-refractivity contribution in [3.63, 3.8) is 0 Å². The van der Waals surface area contributed by atoms with E-state index in [1.54, 1.807) is 7.11 Å². The van der Waals surface area contributed by atoms with Crippen LogP contribution < -0.4 is 14.8 Å². The van der Waals surface area contributed by atoms with Crippen LogP contribution in [-0.2, 0) is 13.0 Å². The first kappa shape index (κ1) is 24.3. The lowest BCUT2D eigenvalue weighted by molar-refractivity contribution is 0.340. The number of thiocarbonyl (C=S) groups is 1. The Kier molecular flexibility index (Phi) is 6.64. The highest BCUT2D eigenvalue weighted by molar-refractivity contribution is 7.81. The molecule has 1 aliphatic heterocycles. The van der Waals surface area contributed by atoms with Crippen molar-refractivity contribution in [3.05, 3.63) is 96.3 Å². The highest BCUT2D eigenvalue weighted by Crippen LogP contribution is 2.40. The van der Waals surface area contributed by atoms with E-state index in [2.05, 4.69) is 62.9 Å². The SMILES string of the molecule is CCOc1ccc(NC(=S)c2c(-c3ccc(OC)cc3)c3c4n(c(-c5ccccc5)cn24)CCCC3)cc1. The minimum atomic E-state index is 0.641. The zero-order chi connectivity index (χ0) is 26.1. The van der Waals surface area contributed by atoms with Crippen LogP contribution in [0.25, 0.3) is 28.0 Å². The monoisotopic (exact) mass is 521 g/mol. The van der Waals surface area contributed by atoms with Gasteiger partial charge in [0.1, 0.15) is 22.1 Å². The van der Waals surface area contributed by atoms with E-state index < -0.39 is 0 Å². The normalized spacial score (nSPS) is 12.8. The van der Waals surface area contributed by atoms with E-state index in [4.69, 9.17) is 21.7 Å². The maximum atomic E-state index is 6.14. The molecule has 0 amide bonds. The molecule has 0 fully saturated rings. The molecule has 6 rings (SSSR count). The highest BCUT2D eigenvalue weighted by atomic mass is 32.1. The second kappa shape index (κ2) is 10.4. The Morgan fingerprint density at radius 2 is 1.63 bits per heavy atom. The molecule has 2 aromatic heterocycles. The van der Waals surface area contributed by atoms with E-state index in [1.807, 2.05) is 43.3 Å². The molecule has 1 N–H and O–H groups in total. The summed E-state index contributed by atoms with van der Waals surface area (Å²) in [6.45, 7) is 3.61. The van der Waals surface area contributed by atoms with Crippen molar-refractivity contribution in [1.29, 1.82) is 0 Å². The Morgan fingerprint density at radius 3 is 2.34 bits per heavy atom. The molecular formula is C32H31N3O2S. The third-order valence-corrected chi connectivity index (χ3v) is 7.52. The summed E-state index contributed by atoms with van der Waals surface area (Å²) in [7, 11) is 1.70. The number of hydrogen-bond acceptors (Lipinski definition) is 3. The van der Waals surface area contributed by atoms with E-state index in [-0.39, 0.29) is 0 Å². The van der Waals surface area contributed by atoms with Crippen LogP contribution in [0.4, 0.5) is 5.69 Å². The minimum absolute atomic E-state index is 0.641. The lowest BCUT2D eigenvalue weighted by Crippen LogP contribution is -2.14. The van der Waals surface area contributed by atoms with Crippen LogP contribution in [0.2, 0.25) is 0 Å². The van der Waals surface area contributed by atoms with Gasteiger partial charge in [0.25, 0.3) is 0 Å². The molecule has 0 saturated heterocycles. The molecule has 0 atom stereocenters. The number of aromatic nitrogens is 2. The van der Waals surface area contributed by atoms with Gasteiger partial charge in [-0.2, -0.15) is 0 Å². The Hall–Kier alpha value is -4.03. The van der Waals surface area contributed by atoms with E-state index >= 15 is 0 Å². The minimum Gasteiger partial charge on any atom is -0.497 e. The van der Waals surface area contributed by atoms with Crippen molar-refractivity contribution in [2.24, 2.45) is 0 Å². The fourth-order valence-electron chi connectivity index (χ4n) is 5.51. The molecule has 3 aromatic carbocycles. The van der Waals surface area contributed by atoms with E-state index in [0.29, 0.717) is 11.6 Å². The standard InChI is InChI=1S/C32H31N3O2S/c1-3-37-26-18-14-24(15-19-26)33-31(38)30-29(23-12-16-25(36-2)17-13-23)27-11-7-8-20-34-28(21-35(30)32(27)34)22-9-5-4-6-10-22/h4-6,9-10,12-19,21H,3,7-8,11,20H2,1-2H3,(H,33,38). The van der Waals surface area contributed by atoms with Crippen LogP contribution in [0.1, 0.15) is 31.0 Å². The molecule has 0 aliphatic carbocycles. The first-order valence-corrected chi connectivity index (χ1v) is 13.6. The van der Waals surface area contributed by atoms with Gasteiger partial charge in [-0.3, -0.25) is 4.40 Å². The fourth-order valence-corrected chi connectivity index (χ4v) is 5.83. The van der Waals surface area contributed by atoms with E-state index in [1.165, 1.54) is 28.0 Å². The molecule has 0 bridgehead atoms. The van der Waals surface area contributed by atoms with Crippen molar-refractivity contribution in [1.82, 2.24) is 8.97 Å². The first-order valence-electron chi connectivity index (χ1n) is 13.2. The van der Waals surface area contributed by atoms with Gasteiger partial charge in [-0.25, -0.2) is 0 Å². The van der Waals surface area contributed by atoms with Gasteiger partial charge < -0.3 is 19.4 Å². The quantitative estimate of drug-likeness (QED) is 0.224. The van der Waals surface area contributed by atoms with Crippen molar-refractivity contribution >= 4 is 28.5 Å². The second-order valence-corrected chi connectivity index (χ2v) is 9.93. The number of anilines is 1. The molecule has 192 valence electrons.